The molecule has 1 aromatic carbocycles. The molecular weight excluding hydrogens is 613 g/mol. The van der Waals surface area contributed by atoms with Crippen molar-refractivity contribution >= 4 is 81.4 Å². The molecule has 0 aliphatic heterocycles. The first-order chi connectivity index (χ1) is 17.5. The van der Waals surface area contributed by atoms with Gasteiger partial charge in [0.2, 0.25) is 11.8 Å². The second-order valence-corrected chi connectivity index (χ2v) is 11.3. The van der Waals surface area contributed by atoms with E-state index >= 15 is 0 Å². The molecular formula is C24H23Cl5F3N3O3. The van der Waals surface area contributed by atoms with Gasteiger partial charge in [0.1, 0.15) is 4.33 Å². The second-order valence-electron chi connectivity index (χ2n) is 8.37. The predicted molar refractivity (Wildman–Crippen MR) is 145 cm³/mol. The molecule has 2 rings (SSSR count). The number of hydrogen-bond donors (Lipinski definition) is 3. The first kappa shape index (κ1) is 32.3. The zero-order chi connectivity index (χ0) is 28.8. The topological polar surface area (TPSA) is 87.3 Å². The monoisotopic (exact) mass is 633 g/mol. The van der Waals surface area contributed by atoms with E-state index in [1.807, 2.05) is 0 Å². The third-order valence-corrected chi connectivity index (χ3v) is 6.84. The molecule has 3 N–H and O–H groups in total. The van der Waals surface area contributed by atoms with Crippen LogP contribution in [-0.4, -0.2) is 41.3 Å². The van der Waals surface area contributed by atoms with Gasteiger partial charge in [0.05, 0.1) is 22.9 Å². The summed E-state index contributed by atoms with van der Waals surface area (Å²) in [5, 5.41) is 8.00. The van der Waals surface area contributed by atoms with Crippen molar-refractivity contribution in [1.82, 2.24) is 10.6 Å². The fourth-order valence-corrected chi connectivity index (χ4v) is 4.96. The van der Waals surface area contributed by atoms with Gasteiger partial charge in [0.25, 0.3) is 5.91 Å². The molecule has 0 saturated heterocycles. The van der Waals surface area contributed by atoms with Crippen LogP contribution in [0.3, 0.4) is 0 Å². The Hall–Kier alpha value is -1.91. The van der Waals surface area contributed by atoms with Crippen molar-refractivity contribution < 1.29 is 27.6 Å². The molecule has 3 amide bonds. The van der Waals surface area contributed by atoms with Crippen molar-refractivity contribution in [3.63, 3.8) is 0 Å². The first-order valence-electron chi connectivity index (χ1n) is 11.0. The minimum absolute atomic E-state index is 0.000315. The Balaban J connectivity index is 1.97. The number of nitrogens with one attached hydrogen (secondary N) is 3. The quantitative estimate of drug-likeness (QED) is 0.187. The molecule has 208 valence electrons. The van der Waals surface area contributed by atoms with Crippen LogP contribution in [0, 0.1) is 11.8 Å². The molecule has 1 saturated carbocycles. The van der Waals surface area contributed by atoms with E-state index in [0.717, 1.165) is 0 Å². The first-order valence-corrected chi connectivity index (χ1v) is 12.9. The normalized spacial score (nSPS) is 19.0. The molecule has 2 atom stereocenters. The summed E-state index contributed by atoms with van der Waals surface area (Å²) in [6.45, 7) is 4.82. The number of alkyl halides is 5. The lowest BCUT2D eigenvalue weighted by Gasteiger charge is -2.11. The number of benzene rings is 1. The van der Waals surface area contributed by atoms with Gasteiger partial charge < -0.3 is 16.0 Å². The predicted octanol–water partition coefficient (Wildman–Crippen LogP) is 6.71. The summed E-state index contributed by atoms with van der Waals surface area (Å²) >= 11 is 30.6. The standard InChI is InChI=1S/C24H23Cl5F3N3O3/c1-12(9-14(26)10-13(2)25)19-20(24(19,28)29)22(38)35-15-3-4-17(27)16(11-15)21(37)34-7-5-18(36)33-8-6-23(30,31)32/h3-4,9-11,19-20H,1,5-8H2,2H3,(H,33,36)(H,34,37)(H,35,38)/b13-10+,14-9+. The van der Waals surface area contributed by atoms with Crippen molar-refractivity contribution in [2.75, 3.05) is 18.4 Å². The summed E-state index contributed by atoms with van der Waals surface area (Å²) in [6, 6.07) is 4.17. The van der Waals surface area contributed by atoms with Crippen LogP contribution in [0.4, 0.5) is 18.9 Å². The van der Waals surface area contributed by atoms with Crippen LogP contribution in [0.5, 0.6) is 0 Å². The maximum atomic E-state index is 12.9. The van der Waals surface area contributed by atoms with Crippen LogP contribution in [0.2, 0.25) is 5.02 Å². The van der Waals surface area contributed by atoms with Gasteiger partial charge in [0.15, 0.2) is 0 Å². The van der Waals surface area contributed by atoms with E-state index in [1.165, 1.54) is 30.4 Å². The van der Waals surface area contributed by atoms with E-state index in [0.29, 0.717) is 10.6 Å². The molecule has 0 heterocycles. The maximum Gasteiger partial charge on any atom is 0.390 e. The van der Waals surface area contributed by atoms with Crippen LogP contribution in [0.1, 0.15) is 30.1 Å². The highest BCUT2D eigenvalue weighted by molar-refractivity contribution is 6.53. The van der Waals surface area contributed by atoms with Crippen LogP contribution in [-0.2, 0) is 9.59 Å². The summed E-state index contributed by atoms with van der Waals surface area (Å²) in [5.74, 6) is -3.32. The van der Waals surface area contributed by atoms with E-state index in [9.17, 15) is 27.6 Å². The Labute approximate surface area is 242 Å². The number of carbonyl (C=O) groups excluding carboxylic acids is 3. The Morgan fingerprint density at radius 3 is 2.34 bits per heavy atom. The Kier molecular flexibility index (Phi) is 11.4. The van der Waals surface area contributed by atoms with E-state index in [4.69, 9.17) is 58.0 Å². The van der Waals surface area contributed by atoms with Crippen LogP contribution >= 0.6 is 58.0 Å². The third-order valence-electron chi connectivity index (χ3n) is 5.24. The summed E-state index contributed by atoms with van der Waals surface area (Å²) in [7, 11) is 0. The van der Waals surface area contributed by atoms with Crippen LogP contribution < -0.4 is 16.0 Å². The molecule has 38 heavy (non-hydrogen) atoms. The van der Waals surface area contributed by atoms with E-state index < -0.39 is 53.0 Å². The molecule has 0 spiro atoms. The molecule has 1 aromatic rings. The van der Waals surface area contributed by atoms with Crippen molar-refractivity contribution in [3.05, 3.63) is 63.2 Å². The number of rotatable bonds is 11. The SMILES string of the molecule is C=C(/C=C(Cl)\C=C(/C)Cl)C1C(C(=O)Nc2ccc(Cl)c(C(=O)NCCC(=O)NCCC(F)(F)F)c2)C1(Cl)Cl. The number of allylic oxidation sites excluding steroid dienone is 5. The van der Waals surface area contributed by atoms with Gasteiger partial charge >= 0.3 is 6.18 Å². The third kappa shape index (κ3) is 9.68. The Morgan fingerprint density at radius 1 is 1.08 bits per heavy atom. The van der Waals surface area contributed by atoms with Crippen LogP contribution in [0.15, 0.2) is 52.6 Å². The molecule has 0 aromatic heterocycles. The lowest BCUT2D eigenvalue weighted by atomic mass is 10.1. The molecule has 2 unspecified atom stereocenters. The summed E-state index contributed by atoms with van der Waals surface area (Å²) in [4.78, 5) is 37.0. The Bertz CT molecular complexity index is 1160. The van der Waals surface area contributed by atoms with Crippen molar-refractivity contribution in [2.45, 2.75) is 30.3 Å². The average Bonchev–Trinajstić information content (AvgIpc) is 3.35. The lowest BCUT2D eigenvalue weighted by molar-refractivity contribution is -0.135. The molecule has 0 radical (unpaired) electrons. The second kappa shape index (κ2) is 13.4. The lowest BCUT2D eigenvalue weighted by Crippen LogP contribution is -2.32. The molecule has 1 aliphatic rings. The fraction of sp³-hybridized carbons (Fsp3) is 0.375. The number of anilines is 1. The number of carbonyl (C=O) groups is 3. The highest BCUT2D eigenvalue weighted by atomic mass is 35.5. The highest BCUT2D eigenvalue weighted by Crippen LogP contribution is 2.62. The van der Waals surface area contributed by atoms with Gasteiger partial charge in [-0.1, -0.05) is 41.4 Å². The number of halogens is 8. The maximum absolute atomic E-state index is 12.9. The van der Waals surface area contributed by atoms with Crippen molar-refractivity contribution in [1.29, 1.82) is 0 Å². The summed E-state index contributed by atoms with van der Waals surface area (Å²) in [5.41, 5.74) is 0.650. The largest absolute Gasteiger partial charge is 0.390 e. The fourth-order valence-electron chi connectivity index (χ4n) is 3.43. The minimum Gasteiger partial charge on any atom is -0.356 e. The van der Waals surface area contributed by atoms with Gasteiger partial charge in [-0.25, -0.2) is 0 Å². The van der Waals surface area contributed by atoms with Crippen LogP contribution in [0.25, 0.3) is 0 Å². The number of hydrogen-bond acceptors (Lipinski definition) is 3. The zero-order valence-electron chi connectivity index (χ0n) is 19.8. The van der Waals surface area contributed by atoms with Gasteiger partial charge in [-0.05, 0) is 42.8 Å². The molecule has 1 fully saturated rings. The molecule has 6 nitrogen and oxygen atoms in total. The average molecular weight is 636 g/mol. The van der Waals surface area contributed by atoms with Gasteiger partial charge in [-0.15, -0.1) is 23.2 Å². The smallest absolute Gasteiger partial charge is 0.356 e. The number of amides is 3. The summed E-state index contributed by atoms with van der Waals surface area (Å²) < 4.78 is 35.0. The Morgan fingerprint density at radius 2 is 1.74 bits per heavy atom. The minimum atomic E-state index is -4.38. The van der Waals surface area contributed by atoms with Gasteiger partial charge in [0, 0.05) is 41.2 Å². The zero-order valence-corrected chi connectivity index (χ0v) is 23.6. The van der Waals surface area contributed by atoms with Crippen molar-refractivity contribution in [3.8, 4) is 0 Å². The van der Waals surface area contributed by atoms with Gasteiger partial charge in [-0.2, -0.15) is 13.2 Å². The van der Waals surface area contributed by atoms with Crippen molar-refractivity contribution in [2.24, 2.45) is 11.8 Å². The highest BCUT2D eigenvalue weighted by Gasteiger charge is 2.67. The summed E-state index contributed by atoms with van der Waals surface area (Å²) in [6.07, 6.45) is -2.77. The van der Waals surface area contributed by atoms with Gasteiger partial charge in [-0.3, -0.25) is 14.4 Å². The molecule has 0 bridgehead atoms. The van der Waals surface area contributed by atoms with E-state index in [1.54, 1.807) is 6.92 Å². The van der Waals surface area contributed by atoms with E-state index in [2.05, 4.69) is 22.5 Å². The molecule has 14 heteroatoms. The van der Waals surface area contributed by atoms with E-state index in [-0.39, 0.29) is 34.3 Å². The molecule has 1 aliphatic carbocycles.